The molecule has 1 aromatic rings. The Labute approximate surface area is 79.6 Å². The van der Waals surface area contributed by atoms with Crippen molar-refractivity contribution in [2.24, 2.45) is 0 Å². The van der Waals surface area contributed by atoms with E-state index in [1.54, 1.807) is 6.07 Å². The van der Waals surface area contributed by atoms with Gasteiger partial charge in [-0.25, -0.2) is 8.78 Å². The van der Waals surface area contributed by atoms with Crippen LogP contribution in [-0.2, 0) is 6.61 Å². The topological polar surface area (TPSA) is 56.9 Å². The van der Waals surface area contributed by atoms with E-state index in [1.165, 1.54) is 13.1 Å². The lowest BCUT2D eigenvalue weighted by molar-refractivity contribution is 0.145. The standard InChI is InChI=1S/C9H8F2N2O/c1-5-6(2-12)3-13-7(4-14)8(5)9(10)11/h3,9,14H,4H2,1H3. The van der Waals surface area contributed by atoms with Crippen molar-refractivity contribution in [3.8, 4) is 6.07 Å². The van der Waals surface area contributed by atoms with E-state index >= 15 is 0 Å². The monoisotopic (exact) mass is 198 g/mol. The first-order valence-electron chi connectivity index (χ1n) is 3.89. The molecule has 0 amide bonds. The molecule has 0 aromatic carbocycles. The number of nitrogens with zero attached hydrogens (tertiary/aromatic N) is 2. The van der Waals surface area contributed by atoms with Crippen molar-refractivity contribution in [2.45, 2.75) is 20.0 Å². The molecule has 1 rings (SSSR count). The van der Waals surface area contributed by atoms with E-state index in [2.05, 4.69) is 4.98 Å². The second-order valence-corrected chi connectivity index (χ2v) is 2.73. The smallest absolute Gasteiger partial charge is 0.265 e. The summed E-state index contributed by atoms with van der Waals surface area (Å²) in [5, 5.41) is 17.4. The summed E-state index contributed by atoms with van der Waals surface area (Å²) in [6, 6.07) is 1.76. The molecule has 0 saturated carbocycles. The Kier molecular flexibility index (Phi) is 3.10. The van der Waals surface area contributed by atoms with Crippen LogP contribution in [0.4, 0.5) is 8.78 Å². The number of halogens is 2. The van der Waals surface area contributed by atoms with Gasteiger partial charge >= 0.3 is 0 Å². The second kappa shape index (κ2) is 4.11. The SMILES string of the molecule is Cc1c(C#N)cnc(CO)c1C(F)F. The highest BCUT2D eigenvalue weighted by Gasteiger charge is 2.18. The molecule has 14 heavy (non-hydrogen) atoms. The lowest BCUT2D eigenvalue weighted by Gasteiger charge is -2.09. The second-order valence-electron chi connectivity index (χ2n) is 2.73. The van der Waals surface area contributed by atoms with Crippen LogP contribution >= 0.6 is 0 Å². The van der Waals surface area contributed by atoms with Crippen LogP contribution in [0.15, 0.2) is 6.20 Å². The van der Waals surface area contributed by atoms with Crippen LogP contribution in [-0.4, -0.2) is 10.1 Å². The van der Waals surface area contributed by atoms with Gasteiger partial charge in [0.15, 0.2) is 0 Å². The maximum Gasteiger partial charge on any atom is 0.265 e. The number of aliphatic hydroxyl groups excluding tert-OH is 1. The highest BCUT2D eigenvalue weighted by atomic mass is 19.3. The van der Waals surface area contributed by atoms with Gasteiger partial charge in [0.1, 0.15) is 6.07 Å². The quantitative estimate of drug-likeness (QED) is 0.786. The third-order valence-electron chi connectivity index (χ3n) is 1.96. The summed E-state index contributed by atoms with van der Waals surface area (Å²) >= 11 is 0. The van der Waals surface area contributed by atoms with Crippen molar-refractivity contribution in [2.75, 3.05) is 0 Å². The summed E-state index contributed by atoms with van der Waals surface area (Å²) in [5.41, 5.74) is -0.123. The summed E-state index contributed by atoms with van der Waals surface area (Å²) in [6.07, 6.45) is -1.54. The number of nitriles is 1. The molecule has 0 aliphatic heterocycles. The highest BCUT2D eigenvalue weighted by molar-refractivity contribution is 5.42. The molecule has 74 valence electrons. The van der Waals surface area contributed by atoms with Crippen LogP contribution in [0.1, 0.15) is 28.8 Å². The number of aromatic nitrogens is 1. The van der Waals surface area contributed by atoms with Crippen molar-refractivity contribution in [3.63, 3.8) is 0 Å². The van der Waals surface area contributed by atoms with E-state index in [1.807, 2.05) is 0 Å². The fraction of sp³-hybridized carbons (Fsp3) is 0.333. The highest BCUT2D eigenvalue weighted by Crippen LogP contribution is 2.26. The van der Waals surface area contributed by atoms with E-state index in [-0.39, 0.29) is 22.4 Å². The zero-order valence-corrected chi connectivity index (χ0v) is 7.46. The van der Waals surface area contributed by atoms with Gasteiger partial charge < -0.3 is 5.11 Å². The fourth-order valence-electron chi connectivity index (χ4n) is 1.20. The normalized spacial score (nSPS) is 10.3. The third-order valence-corrected chi connectivity index (χ3v) is 1.96. The zero-order valence-electron chi connectivity index (χ0n) is 7.46. The number of hydrogen-bond donors (Lipinski definition) is 1. The van der Waals surface area contributed by atoms with Gasteiger partial charge in [0.2, 0.25) is 0 Å². The van der Waals surface area contributed by atoms with Gasteiger partial charge in [-0.3, -0.25) is 4.98 Å². The van der Waals surface area contributed by atoms with E-state index in [4.69, 9.17) is 10.4 Å². The number of rotatable bonds is 2. The van der Waals surface area contributed by atoms with Gasteiger partial charge in [-0.2, -0.15) is 5.26 Å². The minimum Gasteiger partial charge on any atom is -0.390 e. The van der Waals surface area contributed by atoms with E-state index in [0.29, 0.717) is 0 Å². The maximum atomic E-state index is 12.5. The largest absolute Gasteiger partial charge is 0.390 e. The van der Waals surface area contributed by atoms with E-state index in [0.717, 1.165) is 0 Å². The molecule has 0 aliphatic rings. The van der Waals surface area contributed by atoms with Gasteiger partial charge in [-0.05, 0) is 12.5 Å². The molecular weight excluding hydrogens is 190 g/mol. The Morgan fingerprint density at radius 2 is 2.29 bits per heavy atom. The Hall–Kier alpha value is -1.54. The predicted octanol–water partition coefficient (Wildman–Crippen LogP) is 1.69. The molecule has 1 N–H and O–H groups in total. The molecule has 0 fully saturated rings. The van der Waals surface area contributed by atoms with Crippen molar-refractivity contribution in [1.29, 1.82) is 5.26 Å². The molecule has 5 heteroatoms. The zero-order chi connectivity index (χ0) is 10.7. The van der Waals surface area contributed by atoms with Crippen LogP contribution in [0, 0.1) is 18.3 Å². The van der Waals surface area contributed by atoms with Gasteiger partial charge in [0.05, 0.1) is 17.9 Å². The Morgan fingerprint density at radius 1 is 1.64 bits per heavy atom. The van der Waals surface area contributed by atoms with Crippen LogP contribution < -0.4 is 0 Å². The molecular formula is C9H8F2N2O. The van der Waals surface area contributed by atoms with Crippen LogP contribution in [0.5, 0.6) is 0 Å². The summed E-state index contributed by atoms with van der Waals surface area (Å²) in [4.78, 5) is 3.60. The number of hydrogen-bond acceptors (Lipinski definition) is 3. The van der Waals surface area contributed by atoms with Gasteiger partial charge in [-0.1, -0.05) is 0 Å². The fourth-order valence-corrected chi connectivity index (χ4v) is 1.20. The molecule has 0 atom stereocenters. The minimum absolute atomic E-state index is 0.0727. The number of aliphatic hydroxyl groups is 1. The molecule has 0 saturated heterocycles. The Morgan fingerprint density at radius 3 is 2.71 bits per heavy atom. The van der Waals surface area contributed by atoms with Crippen molar-refractivity contribution in [3.05, 3.63) is 28.6 Å². The molecule has 0 aliphatic carbocycles. The first kappa shape index (κ1) is 10.5. The third kappa shape index (κ3) is 1.70. The summed E-state index contributed by atoms with van der Waals surface area (Å²) in [5.74, 6) is 0. The number of pyridine rings is 1. The molecule has 3 nitrogen and oxygen atoms in total. The predicted molar refractivity (Wildman–Crippen MR) is 44.6 cm³/mol. The minimum atomic E-state index is -2.72. The summed E-state index contributed by atoms with van der Waals surface area (Å²) < 4.78 is 25.1. The first-order chi connectivity index (χ1) is 6.61. The first-order valence-corrected chi connectivity index (χ1v) is 3.89. The van der Waals surface area contributed by atoms with Gasteiger partial charge in [-0.15, -0.1) is 0 Å². The number of alkyl halides is 2. The Bertz CT molecular complexity index is 385. The van der Waals surface area contributed by atoms with Crippen LogP contribution in [0.25, 0.3) is 0 Å². The van der Waals surface area contributed by atoms with E-state index < -0.39 is 13.0 Å². The summed E-state index contributed by atoms with van der Waals surface area (Å²) in [6.45, 7) is 0.868. The molecule has 1 aromatic heterocycles. The molecule has 0 spiro atoms. The molecule has 0 radical (unpaired) electrons. The lowest BCUT2D eigenvalue weighted by Crippen LogP contribution is -2.03. The lowest BCUT2D eigenvalue weighted by atomic mass is 10.0. The average molecular weight is 198 g/mol. The van der Waals surface area contributed by atoms with Crippen molar-refractivity contribution in [1.82, 2.24) is 4.98 Å². The van der Waals surface area contributed by atoms with Crippen molar-refractivity contribution < 1.29 is 13.9 Å². The Balaban J connectivity index is 3.41. The summed E-state index contributed by atoms with van der Waals surface area (Å²) in [7, 11) is 0. The van der Waals surface area contributed by atoms with Crippen molar-refractivity contribution >= 4 is 0 Å². The molecule has 1 heterocycles. The maximum absolute atomic E-state index is 12.5. The molecule has 0 unspecified atom stereocenters. The van der Waals surface area contributed by atoms with Gasteiger partial charge in [0, 0.05) is 11.8 Å². The average Bonchev–Trinajstić information content (AvgIpc) is 2.16. The van der Waals surface area contributed by atoms with Crippen LogP contribution in [0.2, 0.25) is 0 Å². The van der Waals surface area contributed by atoms with Gasteiger partial charge in [0.25, 0.3) is 6.43 Å². The van der Waals surface area contributed by atoms with Crippen LogP contribution in [0.3, 0.4) is 0 Å². The van der Waals surface area contributed by atoms with E-state index in [9.17, 15) is 8.78 Å². The molecule has 0 bridgehead atoms.